The number of aliphatic carboxylic acids is 1. The third kappa shape index (κ3) is 3.83. The van der Waals surface area contributed by atoms with Gasteiger partial charge in [0.05, 0.1) is 36.0 Å². The van der Waals surface area contributed by atoms with Crippen molar-refractivity contribution >= 4 is 23.4 Å². The molecule has 0 aliphatic heterocycles. The standard InChI is InChI=1S/C18H16ClN3O4/c1-10-18(16(26-22-10)6-7-17(24)25)13-9-20-21-14(13)8-15(23)11-2-4-12(19)5-3-11/h2-5,9H,6-8H2,1H3,(H,20,21)(H,24,25). The number of aryl methyl sites for hydroxylation is 2. The summed E-state index contributed by atoms with van der Waals surface area (Å²) in [5.41, 5.74) is 3.15. The molecule has 8 heteroatoms. The molecule has 0 aliphatic carbocycles. The number of ketones is 1. The molecular formula is C18H16ClN3O4. The third-order valence-corrected chi connectivity index (χ3v) is 4.24. The Morgan fingerprint density at radius 2 is 2.00 bits per heavy atom. The number of aromatic nitrogens is 3. The maximum Gasteiger partial charge on any atom is 0.303 e. The van der Waals surface area contributed by atoms with Crippen LogP contribution in [0.5, 0.6) is 0 Å². The van der Waals surface area contributed by atoms with Crippen molar-refractivity contribution in [1.82, 2.24) is 15.4 Å². The molecule has 0 bridgehead atoms. The zero-order valence-corrected chi connectivity index (χ0v) is 14.7. The molecule has 0 saturated carbocycles. The minimum Gasteiger partial charge on any atom is -0.481 e. The first-order valence-electron chi connectivity index (χ1n) is 7.94. The number of benzene rings is 1. The number of nitrogens with one attached hydrogen (secondary N) is 1. The van der Waals surface area contributed by atoms with Crippen LogP contribution in [0, 0.1) is 6.92 Å². The summed E-state index contributed by atoms with van der Waals surface area (Å²) < 4.78 is 5.27. The lowest BCUT2D eigenvalue weighted by molar-refractivity contribution is -0.137. The van der Waals surface area contributed by atoms with E-state index in [1.807, 2.05) is 0 Å². The summed E-state index contributed by atoms with van der Waals surface area (Å²) in [6, 6.07) is 6.67. The maximum atomic E-state index is 12.5. The van der Waals surface area contributed by atoms with Crippen molar-refractivity contribution in [2.24, 2.45) is 0 Å². The van der Waals surface area contributed by atoms with Crippen LogP contribution in [0.1, 0.15) is 33.9 Å². The molecule has 0 fully saturated rings. The first-order chi connectivity index (χ1) is 12.5. The van der Waals surface area contributed by atoms with Crippen LogP contribution in [0.3, 0.4) is 0 Å². The Kier molecular flexibility index (Phi) is 5.18. The molecule has 3 rings (SSSR count). The highest BCUT2D eigenvalue weighted by Gasteiger charge is 2.21. The molecule has 0 spiro atoms. The molecule has 1 aromatic carbocycles. The van der Waals surface area contributed by atoms with Crippen molar-refractivity contribution in [3.05, 3.63) is 58.2 Å². The second kappa shape index (κ2) is 7.53. The highest BCUT2D eigenvalue weighted by molar-refractivity contribution is 6.30. The number of Topliss-reactive ketones (excluding diaryl/α,β-unsaturated/α-hetero) is 1. The first kappa shape index (κ1) is 17.9. The normalized spacial score (nSPS) is 10.8. The van der Waals surface area contributed by atoms with Gasteiger partial charge in [-0.25, -0.2) is 0 Å². The second-order valence-electron chi connectivity index (χ2n) is 5.83. The first-order valence-corrected chi connectivity index (χ1v) is 8.32. The molecule has 3 aromatic rings. The maximum absolute atomic E-state index is 12.5. The Morgan fingerprint density at radius 3 is 2.69 bits per heavy atom. The van der Waals surface area contributed by atoms with Gasteiger partial charge < -0.3 is 9.63 Å². The van der Waals surface area contributed by atoms with Crippen molar-refractivity contribution in [2.75, 3.05) is 0 Å². The lowest BCUT2D eigenvalue weighted by atomic mass is 9.98. The summed E-state index contributed by atoms with van der Waals surface area (Å²) in [6.45, 7) is 1.76. The van der Waals surface area contributed by atoms with E-state index in [9.17, 15) is 9.59 Å². The van der Waals surface area contributed by atoms with Crippen LogP contribution in [-0.2, 0) is 17.6 Å². The molecule has 2 heterocycles. The van der Waals surface area contributed by atoms with Crippen LogP contribution in [0.4, 0.5) is 0 Å². The van der Waals surface area contributed by atoms with Crippen LogP contribution in [-0.4, -0.2) is 32.2 Å². The Morgan fingerprint density at radius 1 is 1.27 bits per heavy atom. The largest absolute Gasteiger partial charge is 0.481 e. The van der Waals surface area contributed by atoms with E-state index in [1.165, 1.54) is 0 Å². The molecule has 0 radical (unpaired) electrons. The van der Waals surface area contributed by atoms with E-state index >= 15 is 0 Å². The van der Waals surface area contributed by atoms with Crippen molar-refractivity contribution in [3.63, 3.8) is 0 Å². The highest BCUT2D eigenvalue weighted by atomic mass is 35.5. The van der Waals surface area contributed by atoms with Crippen molar-refractivity contribution in [1.29, 1.82) is 0 Å². The molecular weight excluding hydrogens is 358 g/mol. The predicted molar refractivity (Wildman–Crippen MR) is 94.3 cm³/mol. The number of aromatic amines is 1. The van der Waals surface area contributed by atoms with Crippen LogP contribution >= 0.6 is 11.6 Å². The van der Waals surface area contributed by atoms with E-state index in [0.29, 0.717) is 38.9 Å². The number of carboxylic acids is 1. The summed E-state index contributed by atoms with van der Waals surface area (Å²) in [6.07, 6.45) is 1.84. The molecule has 0 saturated heterocycles. The van der Waals surface area contributed by atoms with Gasteiger partial charge in [0.2, 0.25) is 0 Å². The molecule has 0 amide bonds. The number of carbonyl (C=O) groups excluding carboxylic acids is 1. The van der Waals surface area contributed by atoms with Gasteiger partial charge >= 0.3 is 5.97 Å². The highest BCUT2D eigenvalue weighted by Crippen LogP contribution is 2.30. The fourth-order valence-corrected chi connectivity index (χ4v) is 2.84. The molecule has 2 N–H and O–H groups in total. The van der Waals surface area contributed by atoms with E-state index < -0.39 is 5.97 Å². The smallest absolute Gasteiger partial charge is 0.303 e. The molecule has 0 aliphatic rings. The average Bonchev–Trinajstić information content (AvgIpc) is 3.19. The van der Waals surface area contributed by atoms with Gasteiger partial charge in [-0.3, -0.25) is 14.7 Å². The van der Waals surface area contributed by atoms with E-state index in [0.717, 1.165) is 0 Å². The number of carbonyl (C=O) groups is 2. The Labute approximate surface area is 154 Å². The Balaban J connectivity index is 1.87. The van der Waals surface area contributed by atoms with Crippen LogP contribution in [0.2, 0.25) is 5.02 Å². The molecule has 0 unspecified atom stereocenters. The topological polar surface area (TPSA) is 109 Å². The van der Waals surface area contributed by atoms with E-state index in [2.05, 4.69) is 15.4 Å². The van der Waals surface area contributed by atoms with Gasteiger partial charge in [-0.1, -0.05) is 16.8 Å². The lowest BCUT2D eigenvalue weighted by Gasteiger charge is -2.04. The lowest BCUT2D eigenvalue weighted by Crippen LogP contribution is -2.05. The van der Waals surface area contributed by atoms with Crippen LogP contribution in [0.25, 0.3) is 11.1 Å². The Bertz CT molecular complexity index is 944. The number of hydrogen-bond donors (Lipinski definition) is 2. The van der Waals surface area contributed by atoms with Crippen LogP contribution in [0.15, 0.2) is 35.0 Å². The number of rotatable bonds is 7. The molecule has 0 atom stereocenters. The molecule has 26 heavy (non-hydrogen) atoms. The molecule has 2 aromatic heterocycles. The zero-order valence-electron chi connectivity index (χ0n) is 14.0. The summed E-state index contributed by atoms with van der Waals surface area (Å²) in [5, 5.41) is 20.3. The van der Waals surface area contributed by atoms with E-state index in [-0.39, 0.29) is 25.0 Å². The van der Waals surface area contributed by atoms with E-state index in [4.69, 9.17) is 21.2 Å². The second-order valence-corrected chi connectivity index (χ2v) is 6.27. The van der Waals surface area contributed by atoms with Gasteiger partial charge in [0, 0.05) is 22.6 Å². The Hall–Kier alpha value is -2.93. The van der Waals surface area contributed by atoms with Crippen LogP contribution < -0.4 is 0 Å². The van der Waals surface area contributed by atoms with Crippen molar-refractivity contribution in [3.8, 4) is 11.1 Å². The number of halogens is 1. The summed E-state index contributed by atoms with van der Waals surface area (Å²) in [7, 11) is 0. The van der Waals surface area contributed by atoms with E-state index in [1.54, 1.807) is 37.4 Å². The van der Waals surface area contributed by atoms with Crippen molar-refractivity contribution in [2.45, 2.75) is 26.2 Å². The van der Waals surface area contributed by atoms with Gasteiger partial charge in [0.1, 0.15) is 5.76 Å². The zero-order chi connectivity index (χ0) is 18.7. The quantitative estimate of drug-likeness (QED) is 0.614. The SMILES string of the molecule is Cc1noc(CCC(=O)O)c1-c1cn[nH]c1CC(=O)c1ccc(Cl)cc1. The predicted octanol–water partition coefficient (Wildman–Crippen LogP) is 3.47. The van der Waals surface area contributed by atoms with Gasteiger partial charge in [-0.2, -0.15) is 5.10 Å². The minimum absolute atomic E-state index is 0.0709. The number of nitrogens with zero attached hydrogens (tertiary/aromatic N) is 2. The van der Waals surface area contributed by atoms with Crippen molar-refractivity contribution < 1.29 is 19.2 Å². The van der Waals surface area contributed by atoms with Gasteiger partial charge in [-0.05, 0) is 31.2 Å². The molecule has 134 valence electrons. The minimum atomic E-state index is -0.921. The van der Waals surface area contributed by atoms with Gasteiger partial charge in [0.25, 0.3) is 0 Å². The van der Waals surface area contributed by atoms with Gasteiger partial charge in [0.15, 0.2) is 5.78 Å². The summed E-state index contributed by atoms with van der Waals surface area (Å²) in [5.74, 6) is -0.546. The number of hydrogen-bond acceptors (Lipinski definition) is 5. The average molecular weight is 374 g/mol. The summed E-state index contributed by atoms with van der Waals surface area (Å²) in [4.78, 5) is 23.4. The fraction of sp³-hybridized carbons (Fsp3) is 0.222. The third-order valence-electron chi connectivity index (χ3n) is 3.99. The van der Waals surface area contributed by atoms with Gasteiger partial charge in [-0.15, -0.1) is 0 Å². The number of carboxylic acid groups (broad SMARTS) is 1. The molecule has 7 nitrogen and oxygen atoms in total. The fourth-order valence-electron chi connectivity index (χ4n) is 2.71. The monoisotopic (exact) mass is 373 g/mol. The number of H-pyrrole nitrogens is 1. The summed E-state index contributed by atoms with van der Waals surface area (Å²) >= 11 is 5.85.